The van der Waals surface area contributed by atoms with Crippen LogP contribution in [0.15, 0.2) is 42.5 Å². The molecule has 3 rings (SSSR count). The molecule has 0 atom stereocenters. The Balaban J connectivity index is 1.99. The zero-order valence-electron chi connectivity index (χ0n) is 10.7. The molecule has 0 bridgehead atoms. The fourth-order valence-electron chi connectivity index (χ4n) is 2.00. The average molecular weight is 321 g/mol. The van der Waals surface area contributed by atoms with Crippen molar-refractivity contribution in [1.82, 2.24) is 0 Å². The van der Waals surface area contributed by atoms with Crippen LogP contribution in [0.3, 0.4) is 0 Å². The van der Waals surface area contributed by atoms with Gasteiger partial charge in [0.25, 0.3) is 5.91 Å². The Labute approximate surface area is 129 Å². The van der Waals surface area contributed by atoms with Crippen LogP contribution in [0.5, 0.6) is 0 Å². The molecule has 3 N–H and O–H groups in total. The number of amides is 1. The highest BCUT2D eigenvalue weighted by Crippen LogP contribution is 2.35. The number of anilines is 2. The summed E-state index contributed by atoms with van der Waals surface area (Å²) in [5.41, 5.74) is 6.47. The van der Waals surface area contributed by atoms with E-state index in [0.29, 0.717) is 15.6 Å². The summed E-state index contributed by atoms with van der Waals surface area (Å²) in [6.45, 7) is 0. The van der Waals surface area contributed by atoms with Crippen LogP contribution in [0.4, 0.5) is 15.8 Å². The van der Waals surface area contributed by atoms with Gasteiger partial charge >= 0.3 is 0 Å². The first-order valence-corrected chi connectivity index (χ1v) is 7.29. The van der Waals surface area contributed by atoms with Gasteiger partial charge in [0, 0.05) is 15.1 Å². The number of hydrogen-bond donors (Lipinski definition) is 2. The minimum absolute atomic E-state index is 0.123. The Bertz CT molecular complexity index is 847. The van der Waals surface area contributed by atoms with Crippen molar-refractivity contribution < 1.29 is 9.18 Å². The number of nitrogen functional groups attached to an aromatic ring is 1. The summed E-state index contributed by atoms with van der Waals surface area (Å²) in [4.78, 5) is 12.6. The molecule has 3 nitrogen and oxygen atoms in total. The van der Waals surface area contributed by atoms with E-state index < -0.39 is 11.7 Å². The second kappa shape index (κ2) is 5.35. The Hall–Kier alpha value is -2.11. The SMILES string of the molecule is Nc1c(C(=O)Nc2ccccc2F)sc2ccc(Cl)cc12. The molecule has 106 valence electrons. The van der Waals surface area contributed by atoms with Crippen LogP contribution >= 0.6 is 22.9 Å². The molecule has 21 heavy (non-hydrogen) atoms. The molecule has 1 heterocycles. The summed E-state index contributed by atoms with van der Waals surface area (Å²) >= 11 is 7.18. The van der Waals surface area contributed by atoms with Gasteiger partial charge in [-0.2, -0.15) is 0 Å². The lowest BCUT2D eigenvalue weighted by molar-refractivity contribution is 0.103. The van der Waals surface area contributed by atoms with E-state index in [1.165, 1.54) is 23.5 Å². The van der Waals surface area contributed by atoms with Gasteiger partial charge in [-0.05, 0) is 30.3 Å². The molecular weight excluding hydrogens is 311 g/mol. The summed E-state index contributed by atoms with van der Waals surface area (Å²) in [6, 6.07) is 11.2. The monoisotopic (exact) mass is 320 g/mol. The molecular formula is C15H10ClFN2OS. The van der Waals surface area contributed by atoms with Gasteiger partial charge in [-0.25, -0.2) is 4.39 Å². The predicted octanol–water partition coefficient (Wildman–Crippen LogP) is 4.53. The second-order valence-corrected chi connectivity index (χ2v) is 5.91. The van der Waals surface area contributed by atoms with Crippen LogP contribution in [0.2, 0.25) is 5.02 Å². The number of nitrogens with two attached hydrogens (primary N) is 1. The third-order valence-electron chi connectivity index (χ3n) is 3.02. The molecule has 0 spiro atoms. The molecule has 1 aromatic heterocycles. The lowest BCUT2D eigenvalue weighted by Gasteiger charge is -2.05. The van der Waals surface area contributed by atoms with Crippen LogP contribution in [-0.2, 0) is 0 Å². The molecule has 3 aromatic rings. The van der Waals surface area contributed by atoms with E-state index in [2.05, 4.69) is 5.32 Å². The summed E-state index contributed by atoms with van der Waals surface area (Å²) in [7, 11) is 0. The average Bonchev–Trinajstić information content (AvgIpc) is 2.79. The number of thiophene rings is 1. The summed E-state index contributed by atoms with van der Waals surface area (Å²) in [5.74, 6) is -0.927. The molecule has 0 unspecified atom stereocenters. The van der Waals surface area contributed by atoms with E-state index in [4.69, 9.17) is 17.3 Å². The highest BCUT2D eigenvalue weighted by atomic mass is 35.5. The topological polar surface area (TPSA) is 55.1 Å². The maximum atomic E-state index is 13.6. The number of rotatable bonds is 2. The molecule has 0 saturated carbocycles. The third kappa shape index (κ3) is 2.57. The maximum Gasteiger partial charge on any atom is 0.267 e. The fraction of sp³-hybridized carbons (Fsp3) is 0. The largest absolute Gasteiger partial charge is 0.397 e. The van der Waals surface area contributed by atoms with Crippen molar-refractivity contribution >= 4 is 50.3 Å². The quantitative estimate of drug-likeness (QED) is 0.729. The molecule has 0 radical (unpaired) electrons. The summed E-state index contributed by atoms with van der Waals surface area (Å²) < 4.78 is 14.4. The minimum Gasteiger partial charge on any atom is -0.397 e. The van der Waals surface area contributed by atoms with Gasteiger partial charge in [0.15, 0.2) is 0 Å². The third-order valence-corrected chi connectivity index (χ3v) is 4.44. The Morgan fingerprint density at radius 2 is 2.00 bits per heavy atom. The van der Waals surface area contributed by atoms with Gasteiger partial charge in [0.2, 0.25) is 0 Å². The number of carbonyl (C=O) groups excluding carboxylic acids is 1. The van der Waals surface area contributed by atoms with E-state index in [1.807, 2.05) is 0 Å². The molecule has 0 aliphatic carbocycles. The smallest absolute Gasteiger partial charge is 0.267 e. The Morgan fingerprint density at radius 3 is 2.76 bits per heavy atom. The molecule has 0 fully saturated rings. The van der Waals surface area contributed by atoms with Crippen LogP contribution in [-0.4, -0.2) is 5.91 Å². The predicted molar refractivity (Wildman–Crippen MR) is 85.6 cm³/mol. The lowest BCUT2D eigenvalue weighted by Crippen LogP contribution is -2.12. The molecule has 2 aromatic carbocycles. The van der Waals surface area contributed by atoms with Crippen LogP contribution < -0.4 is 11.1 Å². The van der Waals surface area contributed by atoms with Gasteiger partial charge in [-0.1, -0.05) is 23.7 Å². The lowest BCUT2D eigenvalue weighted by atomic mass is 10.2. The number of carbonyl (C=O) groups is 1. The van der Waals surface area contributed by atoms with E-state index in [9.17, 15) is 9.18 Å². The second-order valence-electron chi connectivity index (χ2n) is 4.42. The highest BCUT2D eigenvalue weighted by Gasteiger charge is 2.17. The first-order chi connectivity index (χ1) is 10.1. The number of nitrogens with one attached hydrogen (secondary N) is 1. The van der Waals surface area contributed by atoms with E-state index >= 15 is 0 Å². The number of hydrogen-bond acceptors (Lipinski definition) is 3. The molecule has 0 aliphatic rings. The van der Waals surface area contributed by atoms with Crippen molar-refractivity contribution in [3.63, 3.8) is 0 Å². The molecule has 6 heteroatoms. The fourth-order valence-corrected chi connectivity index (χ4v) is 3.17. The van der Waals surface area contributed by atoms with Crippen molar-refractivity contribution in [2.24, 2.45) is 0 Å². The first-order valence-electron chi connectivity index (χ1n) is 6.09. The minimum atomic E-state index is -0.492. The van der Waals surface area contributed by atoms with Crippen LogP contribution in [0.1, 0.15) is 9.67 Å². The van der Waals surface area contributed by atoms with Crippen molar-refractivity contribution in [3.05, 3.63) is 58.2 Å². The van der Waals surface area contributed by atoms with E-state index in [0.717, 1.165) is 10.1 Å². The highest BCUT2D eigenvalue weighted by molar-refractivity contribution is 7.21. The van der Waals surface area contributed by atoms with Crippen molar-refractivity contribution in [1.29, 1.82) is 0 Å². The Kier molecular flexibility index (Phi) is 3.53. The number of fused-ring (bicyclic) bond motifs is 1. The zero-order chi connectivity index (χ0) is 15.0. The Morgan fingerprint density at radius 1 is 1.24 bits per heavy atom. The first kappa shape index (κ1) is 13.9. The molecule has 1 amide bonds. The number of benzene rings is 2. The standard InChI is InChI=1S/C15H10ClFN2OS/c16-8-5-6-12-9(7-8)13(18)14(21-12)15(20)19-11-4-2-1-3-10(11)17/h1-7H,18H2,(H,19,20). The van der Waals surface area contributed by atoms with Gasteiger partial charge in [0.1, 0.15) is 10.7 Å². The summed E-state index contributed by atoms with van der Waals surface area (Å²) in [6.07, 6.45) is 0. The van der Waals surface area contributed by atoms with Crippen molar-refractivity contribution in [2.45, 2.75) is 0 Å². The van der Waals surface area contributed by atoms with Gasteiger partial charge < -0.3 is 11.1 Å². The maximum absolute atomic E-state index is 13.6. The summed E-state index contributed by atoms with van der Waals surface area (Å²) in [5, 5.41) is 3.80. The van der Waals surface area contributed by atoms with Gasteiger partial charge in [0.05, 0.1) is 11.4 Å². The van der Waals surface area contributed by atoms with Crippen molar-refractivity contribution in [2.75, 3.05) is 11.1 Å². The normalized spacial score (nSPS) is 10.8. The number of halogens is 2. The number of para-hydroxylation sites is 1. The van der Waals surface area contributed by atoms with Crippen LogP contribution in [0, 0.1) is 5.82 Å². The molecule has 0 saturated heterocycles. The van der Waals surface area contributed by atoms with Gasteiger partial charge in [-0.15, -0.1) is 11.3 Å². The molecule has 0 aliphatic heterocycles. The van der Waals surface area contributed by atoms with Crippen LogP contribution in [0.25, 0.3) is 10.1 Å². The van der Waals surface area contributed by atoms with E-state index in [-0.39, 0.29) is 5.69 Å². The van der Waals surface area contributed by atoms with E-state index in [1.54, 1.807) is 30.3 Å². The van der Waals surface area contributed by atoms with Crippen molar-refractivity contribution in [3.8, 4) is 0 Å². The zero-order valence-corrected chi connectivity index (χ0v) is 12.3. The van der Waals surface area contributed by atoms with Gasteiger partial charge in [-0.3, -0.25) is 4.79 Å².